The number of nitrogens with zero attached hydrogens (tertiary/aromatic N) is 2. The lowest BCUT2D eigenvalue weighted by Gasteiger charge is -2.20. The van der Waals surface area contributed by atoms with E-state index in [0.29, 0.717) is 12.1 Å². The topological polar surface area (TPSA) is 29.9 Å². The van der Waals surface area contributed by atoms with E-state index >= 15 is 0 Å². The smallest absolute Gasteiger partial charge is 0.0643 e. The van der Waals surface area contributed by atoms with Crippen molar-refractivity contribution in [2.75, 3.05) is 6.54 Å². The molecule has 1 aromatic carbocycles. The van der Waals surface area contributed by atoms with Gasteiger partial charge >= 0.3 is 0 Å². The van der Waals surface area contributed by atoms with Crippen molar-refractivity contribution in [2.24, 2.45) is 0 Å². The Morgan fingerprint density at radius 1 is 1.29 bits per heavy atom. The highest BCUT2D eigenvalue weighted by atomic mass is 127. The van der Waals surface area contributed by atoms with Gasteiger partial charge in [-0.05, 0) is 67.1 Å². The molecule has 114 valence electrons. The van der Waals surface area contributed by atoms with Gasteiger partial charge in [0.05, 0.1) is 5.69 Å². The van der Waals surface area contributed by atoms with Crippen molar-refractivity contribution in [3.05, 3.63) is 50.9 Å². The highest BCUT2D eigenvalue weighted by molar-refractivity contribution is 14.1. The van der Waals surface area contributed by atoms with E-state index in [1.165, 1.54) is 14.7 Å². The van der Waals surface area contributed by atoms with Crippen LogP contribution >= 0.6 is 22.6 Å². The molecule has 2 aromatic rings. The van der Waals surface area contributed by atoms with Crippen molar-refractivity contribution in [2.45, 2.75) is 46.2 Å². The van der Waals surface area contributed by atoms with E-state index in [2.05, 4.69) is 91.2 Å². The van der Waals surface area contributed by atoms with Gasteiger partial charge < -0.3 is 5.32 Å². The summed E-state index contributed by atoms with van der Waals surface area (Å²) < 4.78 is 3.38. The van der Waals surface area contributed by atoms with Crippen molar-refractivity contribution in [1.29, 1.82) is 0 Å². The molecule has 0 amide bonds. The molecule has 0 bridgehead atoms. The van der Waals surface area contributed by atoms with Crippen molar-refractivity contribution in [1.82, 2.24) is 15.1 Å². The molecule has 21 heavy (non-hydrogen) atoms. The van der Waals surface area contributed by atoms with Crippen molar-refractivity contribution >= 4 is 22.6 Å². The molecule has 4 heteroatoms. The van der Waals surface area contributed by atoms with Gasteiger partial charge in [0.25, 0.3) is 0 Å². The number of rotatable bonds is 6. The van der Waals surface area contributed by atoms with Gasteiger partial charge in [-0.3, -0.25) is 4.68 Å². The third kappa shape index (κ3) is 4.07. The highest BCUT2D eigenvalue weighted by Gasteiger charge is 2.16. The van der Waals surface area contributed by atoms with E-state index in [1.807, 2.05) is 4.68 Å². The first kappa shape index (κ1) is 16.5. The molecule has 0 saturated heterocycles. The normalized spacial score (nSPS) is 12.9. The Morgan fingerprint density at radius 3 is 2.67 bits per heavy atom. The molecule has 1 N–H and O–H groups in total. The number of halogens is 1. The fraction of sp³-hybridized carbons (Fsp3) is 0.471. The summed E-state index contributed by atoms with van der Waals surface area (Å²) in [6.07, 6.45) is 3.00. The van der Waals surface area contributed by atoms with Gasteiger partial charge in [-0.15, -0.1) is 0 Å². The van der Waals surface area contributed by atoms with Crippen molar-refractivity contribution < 1.29 is 0 Å². The van der Waals surface area contributed by atoms with Crippen LogP contribution in [0.4, 0.5) is 0 Å². The minimum absolute atomic E-state index is 0.317. The molecule has 0 aliphatic carbocycles. The summed E-state index contributed by atoms with van der Waals surface area (Å²) in [5.41, 5.74) is 3.85. The predicted molar refractivity (Wildman–Crippen MR) is 96.6 cm³/mol. The van der Waals surface area contributed by atoms with Crippen LogP contribution in [0.15, 0.2) is 30.5 Å². The molecular weight excluding hydrogens is 373 g/mol. The average molecular weight is 397 g/mol. The van der Waals surface area contributed by atoms with Crippen LogP contribution in [0.3, 0.4) is 0 Å². The number of benzene rings is 1. The molecule has 0 aliphatic heterocycles. The molecule has 0 saturated carbocycles. The maximum Gasteiger partial charge on any atom is 0.0643 e. The number of hydrogen-bond donors (Lipinski definition) is 1. The average Bonchev–Trinajstić information content (AvgIpc) is 2.90. The van der Waals surface area contributed by atoms with E-state index in [1.54, 1.807) is 0 Å². The monoisotopic (exact) mass is 397 g/mol. The summed E-state index contributed by atoms with van der Waals surface area (Å²) in [7, 11) is 0. The van der Waals surface area contributed by atoms with E-state index < -0.39 is 0 Å². The second kappa shape index (κ2) is 7.40. The van der Waals surface area contributed by atoms with Gasteiger partial charge in [-0.2, -0.15) is 5.10 Å². The van der Waals surface area contributed by atoms with Crippen LogP contribution in [0.2, 0.25) is 0 Å². The Hall–Kier alpha value is -0.880. The molecule has 1 unspecified atom stereocenters. The molecule has 3 nitrogen and oxygen atoms in total. The molecule has 0 fully saturated rings. The molecule has 0 spiro atoms. The zero-order chi connectivity index (χ0) is 15.4. The first-order valence-electron chi connectivity index (χ1n) is 7.55. The Kier molecular flexibility index (Phi) is 5.81. The Bertz CT molecular complexity index is 589. The summed E-state index contributed by atoms with van der Waals surface area (Å²) >= 11 is 2.45. The number of hydrogen-bond acceptors (Lipinski definition) is 2. The summed E-state index contributed by atoms with van der Waals surface area (Å²) in [5.74, 6) is 0. The first-order valence-corrected chi connectivity index (χ1v) is 8.63. The predicted octanol–water partition coefficient (Wildman–Crippen LogP) is 4.27. The summed E-state index contributed by atoms with van der Waals surface area (Å²) in [5, 5.41) is 8.28. The second-order valence-corrected chi connectivity index (χ2v) is 6.75. The van der Waals surface area contributed by atoms with Crippen LogP contribution < -0.4 is 5.32 Å². The maximum absolute atomic E-state index is 4.68. The number of nitrogens with one attached hydrogen (secondary N) is 1. The number of aryl methyl sites for hydroxylation is 1. The standard InChI is InChI=1S/C17H24IN3/c1-5-19-16(15-8-6-7-13(4)17(15)18)11-14-9-10-21(20-14)12(2)3/h6-10,12,16,19H,5,11H2,1-4H3. The molecule has 1 atom stereocenters. The largest absolute Gasteiger partial charge is 0.310 e. The van der Waals surface area contributed by atoms with Crippen LogP contribution in [-0.4, -0.2) is 16.3 Å². The minimum atomic E-state index is 0.317. The van der Waals surface area contributed by atoms with Crippen molar-refractivity contribution in [3.8, 4) is 0 Å². The third-order valence-corrected chi connectivity index (χ3v) is 5.13. The van der Waals surface area contributed by atoms with Crippen LogP contribution in [0.5, 0.6) is 0 Å². The van der Waals surface area contributed by atoms with Crippen molar-refractivity contribution in [3.63, 3.8) is 0 Å². The van der Waals surface area contributed by atoms with E-state index in [4.69, 9.17) is 0 Å². The quantitative estimate of drug-likeness (QED) is 0.738. The number of likely N-dealkylation sites (N-methyl/N-ethyl adjacent to an activating group) is 1. The maximum atomic E-state index is 4.68. The van der Waals surface area contributed by atoms with Gasteiger partial charge in [0.2, 0.25) is 0 Å². The van der Waals surface area contributed by atoms with Gasteiger partial charge in [0.15, 0.2) is 0 Å². The molecule has 0 aliphatic rings. The Balaban J connectivity index is 2.24. The van der Waals surface area contributed by atoms with Gasteiger partial charge in [0.1, 0.15) is 0 Å². The summed E-state index contributed by atoms with van der Waals surface area (Å²) in [6.45, 7) is 9.59. The fourth-order valence-electron chi connectivity index (χ4n) is 2.46. The second-order valence-electron chi connectivity index (χ2n) is 5.67. The molecule has 1 heterocycles. The first-order chi connectivity index (χ1) is 10.0. The van der Waals surface area contributed by atoms with Gasteiger partial charge in [-0.1, -0.05) is 25.1 Å². The molecule has 2 rings (SSSR count). The van der Waals surface area contributed by atoms with E-state index in [0.717, 1.165) is 18.7 Å². The van der Waals surface area contributed by atoms with Crippen LogP contribution in [0.25, 0.3) is 0 Å². The van der Waals surface area contributed by atoms with Crippen LogP contribution in [0, 0.1) is 10.5 Å². The minimum Gasteiger partial charge on any atom is -0.310 e. The Morgan fingerprint density at radius 2 is 2.05 bits per heavy atom. The lowest BCUT2D eigenvalue weighted by Crippen LogP contribution is -2.24. The number of aromatic nitrogens is 2. The summed E-state index contributed by atoms with van der Waals surface area (Å²) in [4.78, 5) is 0. The van der Waals surface area contributed by atoms with Crippen LogP contribution in [-0.2, 0) is 6.42 Å². The third-order valence-electron chi connectivity index (χ3n) is 3.65. The van der Waals surface area contributed by atoms with E-state index in [-0.39, 0.29) is 0 Å². The van der Waals surface area contributed by atoms with Gasteiger partial charge in [-0.25, -0.2) is 0 Å². The lowest BCUT2D eigenvalue weighted by atomic mass is 10.00. The Labute approximate surface area is 141 Å². The molecule has 1 aromatic heterocycles. The highest BCUT2D eigenvalue weighted by Crippen LogP contribution is 2.25. The zero-order valence-electron chi connectivity index (χ0n) is 13.2. The fourth-order valence-corrected chi connectivity index (χ4v) is 3.20. The molecular formula is C17H24IN3. The van der Waals surface area contributed by atoms with Crippen LogP contribution in [0.1, 0.15) is 49.7 Å². The van der Waals surface area contributed by atoms with E-state index in [9.17, 15) is 0 Å². The van der Waals surface area contributed by atoms with Gasteiger partial charge in [0, 0.05) is 28.3 Å². The zero-order valence-corrected chi connectivity index (χ0v) is 15.4. The summed E-state index contributed by atoms with van der Waals surface area (Å²) in [6, 6.07) is 9.40. The lowest BCUT2D eigenvalue weighted by molar-refractivity contribution is 0.505. The molecule has 0 radical (unpaired) electrons. The SMILES string of the molecule is CCNC(Cc1ccn(C(C)C)n1)c1cccc(C)c1I.